The topological polar surface area (TPSA) is 96.0 Å². The molecule has 5 nitrogen and oxygen atoms in total. The van der Waals surface area contributed by atoms with Crippen molar-refractivity contribution in [3.05, 3.63) is 29.6 Å². The van der Waals surface area contributed by atoms with Gasteiger partial charge in [-0.3, -0.25) is 10.1 Å². The van der Waals surface area contributed by atoms with Crippen LogP contribution in [0.2, 0.25) is 0 Å². The second-order valence-corrected chi connectivity index (χ2v) is 5.09. The fourth-order valence-corrected chi connectivity index (χ4v) is 1.77. The molecule has 0 heterocycles. The highest BCUT2D eigenvalue weighted by atomic mass is 32.2. The molecular weight excluding hydrogens is 233 g/mol. The Labute approximate surface area is 93.0 Å². The lowest BCUT2D eigenvalue weighted by molar-refractivity contribution is 0.602. The molecule has 1 rings (SSSR count). The first-order valence-corrected chi connectivity index (χ1v) is 6.16. The number of hydrogen-bond donors (Lipinski definition) is 3. The first-order chi connectivity index (χ1) is 7.37. The van der Waals surface area contributed by atoms with E-state index in [1.165, 1.54) is 19.1 Å². The minimum Gasteiger partial charge on any atom is -0.384 e. The van der Waals surface area contributed by atoms with Crippen molar-refractivity contribution in [2.45, 2.75) is 6.92 Å². The van der Waals surface area contributed by atoms with E-state index < -0.39 is 21.7 Å². The third kappa shape index (κ3) is 2.69. The maximum Gasteiger partial charge on any atom is 0.232 e. The zero-order chi connectivity index (χ0) is 12.3. The van der Waals surface area contributed by atoms with Gasteiger partial charge in [0.1, 0.15) is 11.7 Å². The number of benzene rings is 1. The molecule has 0 unspecified atom stereocenters. The monoisotopic (exact) mass is 245 g/mol. The molecule has 88 valence electrons. The maximum atomic E-state index is 13.3. The third-order valence-corrected chi connectivity index (χ3v) is 3.22. The molecule has 0 spiro atoms. The fraction of sp³-hybridized carbons (Fsp3) is 0.222. The molecule has 0 amide bonds. The molecule has 7 heteroatoms. The Bertz CT molecular complexity index is 513. The second kappa shape index (κ2) is 4.48. The van der Waals surface area contributed by atoms with Crippen LogP contribution in [0.4, 0.5) is 10.1 Å². The van der Waals surface area contributed by atoms with Crippen LogP contribution in [0.25, 0.3) is 0 Å². The van der Waals surface area contributed by atoms with Crippen molar-refractivity contribution in [1.29, 1.82) is 5.41 Å². The largest absolute Gasteiger partial charge is 0.384 e. The zero-order valence-corrected chi connectivity index (χ0v) is 9.44. The number of anilines is 1. The number of amidine groups is 1. The number of halogens is 1. The van der Waals surface area contributed by atoms with E-state index in [1.54, 1.807) is 0 Å². The van der Waals surface area contributed by atoms with Crippen LogP contribution in [0.15, 0.2) is 18.2 Å². The quantitative estimate of drug-likeness (QED) is 0.542. The summed E-state index contributed by atoms with van der Waals surface area (Å²) in [5.41, 5.74) is 4.93. The van der Waals surface area contributed by atoms with Crippen LogP contribution in [0.5, 0.6) is 0 Å². The van der Waals surface area contributed by atoms with E-state index in [1.807, 2.05) is 0 Å². The molecule has 4 N–H and O–H groups in total. The van der Waals surface area contributed by atoms with Crippen LogP contribution in [-0.4, -0.2) is 20.0 Å². The number of sulfonamides is 1. The van der Waals surface area contributed by atoms with E-state index in [0.717, 1.165) is 6.07 Å². The van der Waals surface area contributed by atoms with Gasteiger partial charge < -0.3 is 5.73 Å². The number of nitrogens with one attached hydrogen (secondary N) is 2. The molecule has 0 radical (unpaired) electrons. The molecular formula is C9H12FN3O2S. The predicted molar refractivity (Wildman–Crippen MR) is 60.5 cm³/mol. The molecule has 0 bridgehead atoms. The minimum absolute atomic E-state index is 0.0191. The van der Waals surface area contributed by atoms with Gasteiger partial charge in [0.15, 0.2) is 0 Å². The summed E-state index contributed by atoms with van der Waals surface area (Å²) in [5, 5.41) is 7.18. The second-order valence-electron chi connectivity index (χ2n) is 3.08. The Hall–Kier alpha value is -1.63. The molecule has 0 aliphatic carbocycles. The van der Waals surface area contributed by atoms with E-state index in [-0.39, 0.29) is 17.0 Å². The molecule has 0 saturated carbocycles. The normalized spacial score (nSPS) is 11.1. The molecule has 16 heavy (non-hydrogen) atoms. The van der Waals surface area contributed by atoms with E-state index in [0.29, 0.717) is 0 Å². The van der Waals surface area contributed by atoms with Gasteiger partial charge in [-0.1, -0.05) is 6.07 Å². The smallest absolute Gasteiger partial charge is 0.232 e. The van der Waals surface area contributed by atoms with Gasteiger partial charge in [-0.2, -0.15) is 0 Å². The Morgan fingerprint density at radius 2 is 2.19 bits per heavy atom. The van der Waals surface area contributed by atoms with Crippen molar-refractivity contribution >= 4 is 21.5 Å². The van der Waals surface area contributed by atoms with Crippen molar-refractivity contribution in [3.63, 3.8) is 0 Å². The summed E-state index contributed by atoms with van der Waals surface area (Å²) >= 11 is 0. The van der Waals surface area contributed by atoms with E-state index in [2.05, 4.69) is 4.72 Å². The van der Waals surface area contributed by atoms with Crippen molar-refractivity contribution < 1.29 is 12.8 Å². The molecule has 0 atom stereocenters. The minimum atomic E-state index is -3.51. The van der Waals surface area contributed by atoms with Gasteiger partial charge in [0.05, 0.1) is 17.0 Å². The average molecular weight is 245 g/mol. The van der Waals surface area contributed by atoms with Crippen LogP contribution in [0.1, 0.15) is 12.5 Å². The summed E-state index contributed by atoms with van der Waals surface area (Å²) < 4.78 is 38.1. The molecule has 0 aromatic heterocycles. The number of nitrogen functional groups attached to an aromatic ring is 1. The van der Waals surface area contributed by atoms with Crippen LogP contribution in [-0.2, 0) is 10.0 Å². The van der Waals surface area contributed by atoms with E-state index >= 15 is 0 Å². The van der Waals surface area contributed by atoms with Crippen molar-refractivity contribution in [2.24, 2.45) is 5.73 Å². The summed E-state index contributed by atoms with van der Waals surface area (Å²) in [7, 11) is -3.51. The van der Waals surface area contributed by atoms with Crippen molar-refractivity contribution in [2.75, 3.05) is 10.5 Å². The molecule has 0 aliphatic rings. The Balaban J connectivity index is 3.25. The van der Waals surface area contributed by atoms with Gasteiger partial charge in [0, 0.05) is 0 Å². The van der Waals surface area contributed by atoms with Gasteiger partial charge in [-0.15, -0.1) is 0 Å². The van der Waals surface area contributed by atoms with E-state index in [4.69, 9.17) is 11.1 Å². The summed E-state index contributed by atoms with van der Waals surface area (Å²) in [6.45, 7) is 1.45. The Morgan fingerprint density at radius 3 is 2.69 bits per heavy atom. The lowest BCUT2D eigenvalue weighted by Gasteiger charge is -2.11. The van der Waals surface area contributed by atoms with Gasteiger partial charge in [0.2, 0.25) is 10.0 Å². The summed E-state index contributed by atoms with van der Waals surface area (Å²) in [6.07, 6.45) is 0. The average Bonchev–Trinajstić information content (AvgIpc) is 2.16. The molecule has 0 aliphatic heterocycles. The predicted octanol–water partition coefficient (Wildman–Crippen LogP) is 0.871. The molecule has 1 aromatic carbocycles. The molecule has 0 fully saturated rings. The third-order valence-electron chi connectivity index (χ3n) is 1.93. The van der Waals surface area contributed by atoms with Crippen LogP contribution in [0, 0.1) is 11.2 Å². The van der Waals surface area contributed by atoms with Crippen LogP contribution in [0.3, 0.4) is 0 Å². The summed E-state index contributed by atoms with van der Waals surface area (Å²) in [5.74, 6) is -1.39. The van der Waals surface area contributed by atoms with Gasteiger partial charge in [-0.25, -0.2) is 12.8 Å². The number of rotatable bonds is 4. The highest BCUT2D eigenvalue weighted by Gasteiger charge is 2.15. The lowest BCUT2D eigenvalue weighted by Crippen LogP contribution is -2.20. The van der Waals surface area contributed by atoms with E-state index in [9.17, 15) is 12.8 Å². The Morgan fingerprint density at radius 1 is 1.56 bits per heavy atom. The first-order valence-electron chi connectivity index (χ1n) is 4.50. The standard InChI is InChI=1S/C9H12FN3O2S/c1-2-16(14,15)13-7-5-3-4-6(10)8(7)9(11)12/h3-5,13H,2H2,1H3,(H3,11,12). The number of nitrogens with two attached hydrogens (primary N) is 1. The number of hydrogen-bond acceptors (Lipinski definition) is 3. The van der Waals surface area contributed by atoms with Crippen LogP contribution < -0.4 is 10.5 Å². The molecule has 1 aromatic rings. The lowest BCUT2D eigenvalue weighted by atomic mass is 10.1. The first kappa shape index (κ1) is 12.4. The van der Waals surface area contributed by atoms with Gasteiger partial charge in [0.25, 0.3) is 0 Å². The summed E-state index contributed by atoms with van der Waals surface area (Å²) in [4.78, 5) is 0. The highest BCUT2D eigenvalue weighted by Crippen LogP contribution is 2.19. The molecule has 0 saturated heterocycles. The maximum absolute atomic E-state index is 13.3. The van der Waals surface area contributed by atoms with Crippen LogP contribution >= 0.6 is 0 Å². The summed E-state index contributed by atoms with van der Waals surface area (Å²) in [6, 6.07) is 3.81. The Kier molecular flexibility index (Phi) is 3.48. The fourth-order valence-electron chi connectivity index (χ4n) is 1.12. The van der Waals surface area contributed by atoms with Crippen molar-refractivity contribution in [3.8, 4) is 0 Å². The van der Waals surface area contributed by atoms with Gasteiger partial charge >= 0.3 is 0 Å². The highest BCUT2D eigenvalue weighted by molar-refractivity contribution is 7.92. The van der Waals surface area contributed by atoms with Gasteiger partial charge in [-0.05, 0) is 19.1 Å². The SMILES string of the molecule is CCS(=O)(=O)Nc1cccc(F)c1C(=N)N. The zero-order valence-electron chi connectivity index (χ0n) is 8.62. The van der Waals surface area contributed by atoms with Crippen molar-refractivity contribution in [1.82, 2.24) is 0 Å².